The van der Waals surface area contributed by atoms with Crippen molar-refractivity contribution >= 4 is 60.3 Å². The Kier molecular flexibility index (Phi) is 8.71. The van der Waals surface area contributed by atoms with E-state index in [1.165, 1.54) is 6.20 Å². The summed E-state index contributed by atoms with van der Waals surface area (Å²) in [6.45, 7) is 12.5. The number of hydrogen-bond donors (Lipinski definition) is 3. The molecule has 10 heteroatoms. The first-order valence-corrected chi connectivity index (χ1v) is 15.4. The average molecular weight is 531 g/mol. The molecule has 0 unspecified atom stereocenters. The van der Waals surface area contributed by atoms with Crippen LogP contribution >= 0.6 is 22.9 Å². The number of hydrogen-bond acceptors (Lipinski definition) is 6. The summed E-state index contributed by atoms with van der Waals surface area (Å²) < 4.78 is 6.70. The number of carbonyl (C=O) groups is 2. The second-order valence-corrected chi connectivity index (χ2v) is 16.0. The van der Waals surface area contributed by atoms with Crippen molar-refractivity contribution in [3.63, 3.8) is 0 Å². The molecule has 0 spiro atoms. The van der Waals surface area contributed by atoms with E-state index in [0.717, 1.165) is 17.0 Å². The fraction of sp³-hybridized carbons (Fsp3) is 0.320. The third-order valence-electron chi connectivity index (χ3n) is 5.92. The van der Waals surface area contributed by atoms with E-state index in [1.807, 2.05) is 24.3 Å². The van der Waals surface area contributed by atoms with Crippen LogP contribution < -0.4 is 16.0 Å². The number of nitrogens with one attached hydrogen (secondary N) is 3. The second-order valence-electron chi connectivity index (χ2n) is 9.52. The van der Waals surface area contributed by atoms with Crippen LogP contribution in [0.4, 0.5) is 17.2 Å². The lowest BCUT2D eigenvalue weighted by Gasteiger charge is -2.36. The highest BCUT2D eigenvalue weighted by atomic mass is 35.5. The van der Waals surface area contributed by atoms with E-state index in [2.05, 4.69) is 54.8 Å². The van der Waals surface area contributed by atoms with Crippen LogP contribution in [0.5, 0.6) is 0 Å². The monoisotopic (exact) mass is 530 g/mol. The number of aromatic nitrogens is 1. The molecule has 186 valence electrons. The first-order chi connectivity index (χ1) is 16.5. The summed E-state index contributed by atoms with van der Waals surface area (Å²) in [6, 6.07) is 14.0. The molecule has 2 heterocycles. The molecule has 3 aromatic rings. The van der Waals surface area contributed by atoms with E-state index in [9.17, 15) is 9.59 Å². The van der Waals surface area contributed by atoms with Crippen LogP contribution in [-0.2, 0) is 4.43 Å². The van der Waals surface area contributed by atoms with Crippen molar-refractivity contribution in [3.8, 4) is 0 Å². The fourth-order valence-corrected chi connectivity index (χ4v) is 4.87. The zero-order valence-electron chi connectivity index (χ0n) is 20.6. The maximum atomic E-state index is 12.9. The largest absolute Gasteiger partial charge is 0.415 e. The second kappa shape index (κ2) is 11.3. The molecular weight excluding hydrogens is 500 g/mol. The molecule has 0 aliphatic rings. The molecule has 0 fully saturated rings. The van der Waals surface area contributed by atoms with Gasteiger partial charge in [-0.1, -0.05) is 32.4 Å². The highest BCUT2D eigenvalue weighted by Crippen LogP contribution is 2.36. The van der Waals surface area contributed by atoms with Crippen LogP contribution in [0.15, 0.2) is 54.7 Å². The van der Waals surface area contributed by atoms with Crippen molar-refractivity contribution in [1.82, 2.24) is 4.98 Å². The number of amides is 2. The normalized spacial score (nSPS) is 11.7. The van der Waals surface area contributed by atoms with E-state index in [1.54, 1.807) is 24.3 Å². The molecule has 3 N–H and O–H groups in total. The van der Waals surface area contributed by atoms with Crippen molar-refractivity contribution in [2.75, 3.05) is 29.1 Å². The summed E-state index contributed by atoms with van der Waals surface area (Å²) in [4.78, 5) is 29.9. The quantitative estimate of drug-likeness (QED) is 0.210. The van der Waals surface area contributed by atoms with Gasteiger partial charge in [-0.05, 0) is 66.7 Å². The predicted molar refractivity (Wildman–Crippen MR) is 148 cm³/mol. The smallest absolute Gasteiger partial charge is 0.266 e. The van der Waals surface area contributed by atoms with Crippen LogP contribution in [0.2, 0.25) is 22.5 Å². The lowest BCUT2D eigenvalue weighted by molar-refractivity contribution is 0.102. The number of anilines is 3. The molecule has 0 aliphatic heterocycles. The van der Waals surface area contributed by atoms with Crippen molar-refractivity contribution < 1.29 is 14.0 Å². The Hall–Kier alpha value is -2.72. The minimum absolute atomic E-state index is 0.180. The number of thiophene rings is 1. The van der Waals surface area contributed by atoms with Gasteiger partial charge in [0.15, 0.2) is 8.32 Å². The van der Waals surface area contributed by atoms with E-state index in [4.69, 9.17) is 16.0 Å². The molecule has 0 saturated heterocycles. The first-order valence-electron chi connectivity index (χ1n) is 11.3. The minimum Gasteiger partial charge on any atom is -0.415 e. The summed E-state index contributed by atoms with van der Waals surface area (Å²) in [5.74, 6) is -0.566. The van der Waals surface area contributed by atoms with E-state index in [-0.39, 0.29) is 28.2 Å². The van der Waals surface area contributed by atoms with Crippen molar-refractivity contribution in [2.24, 2.45) is 0 Å². The van der Waals surface area contributed by atoms with Gasteiger partial charge in [0.05, 0.1) is 21.4 Å². The highest BCUT2D eigenvalue weighted by molar-refractivity contribution is 7.18. The third-order valence-corrected chi connectivity index (χ3v) is 11.7. The van der Waals surface area contributed by atoms with Gasteiger partial charge >= 0.3 is 0 Å². The van der Waals surface area contributed by atoms with Gasteiger partial charge in [0.1, 0.15) is 5.82 Å². The maximum Gasteiger partial charge on any atom is 0.266 e. The van der Waals surface area contributed by atoms with Crippen molar-refractivity contribution in [1.29, 1.82) is 0 Å². The van der Waals surface area contributed by atoms with E-state index < -0.39 is 8.32 Å². The molecule has 0 bridgehead atoms. The van der Waals surface area contributed by atoms with E-state index >= 15 is 0 Å². The summed E-state index contributed by atoms with van der Waals surface area (Å²) in [7, 11) is -1.76. The van der Waals surface area contributed by atoms with E-state index in [0.29, 0.717) is 28.1 Å². The van der Waals surface area contributed by atoms with Crippen LogP contribution in [0, 0.1) is 0 Å². The third kappa shape index (κ3) is 7.38. The van der Waals surface area contributed by atoms with Crippen LogP contribution in [0.1, 0.15) is 40.8 Å². The summed E-state index contributed by atoms with van der Waals surface area (Å²) in [6.07, 6.45) is 1.52. The SMILES string of the molecule is CC(C)(C)[Si](C)(C)OCCNc1ccc(NC(=O)c2cccnc2NC(=O)c2ccc(Cl)s2)cc1. The zero-order valence-corrected chi connectivity index (χ0v) is 23.1. The summed E-state index contributed by atoms with van der Waals surface area (Å²) in [5, 5.41) is 9.07. The van der Waals surface area contributed by atoms with Gasteiger partial charge in [-0.2, -0.15) is 0 Å². The molecular formula is C25H31ClN4O3SSi. The molecule has 3 rings (SSSR count). The Balaban J connectivity index is 1.56. The number of benzene rings is 1. The Morgan fingerprint density at radius 2 is 1.69 bits per heavy atom. The fourth-order valence-electron chi connectivity index (χ4n) is 2.88. The Morgan fingerprint density at radius 1 is 1.00 bits per heavy atom. The topological polar surface area (TPSA) is 92.3 Å². The van der Waals surface area contributed by atoms with Gasteiger partial charge in [-0.25, -0.2) is 4.98 Å². The van der Waals surface area contributed by atoms with Gasteiger partial charge in [0.2, 0.25) is 0 Å². The van der Waals surface area contributed by atoms with Crippen molar-refractivity contribution in [3.05, 3.63) is 69.5 Å². The molecule has 0 atom stereocenters. The molecule has 0 aliphatic carbocycles. The first kappa shape index (κ1) is 26.9. The molecule has 7 nitrogen and oxygen atoms in total. The van der Waals surface area contributed by atoms with Gasteiger partial charge in [-0.3, -0.25) is 9.59 Å². The molecule has 35 heavy (non-hydrogen) atoms. The molecule has 2 aromatic heterocycles. The summed E-state index contributed by atoms with van der Waals surface area (Å²) in [5.41, 5.74) is 1.82. The number of carbonyl (C=O) groups excluding carboxylic acids is 2. The van der Waals surface area contributed by atoms with Gasteiger partial charge in [-0.15, -0.1) is 11.3 Å². The molecule has 1 aromatic carbocycles. The van der Waals surface area contributed by atoms with Gasteiger partial charge in [0.25, 0.3) is 11.8 Å². The lowest BCUT2D eigenvalue weighted by Crippen LogP contribution is -2.41. The van der Waals surface area contributed by atoms with Crippen LogP contribution in [0.3, 0.4) is 0 Å². The number of pyridine rings is 1. The molecule has 0 saturated carbocycles. The number of nitrogens with zero attached hydrogens (tertiary/aromatic N) is 1. The minimum atomic E-state index is -1.76. The van der Waals surface area contributed by atoms with Gasteiger partial charge < -0.3 is 20.4 Å². The highest BCUT2D eigenvalue weighted by Gasteiger charge is 2.36. The Bertz CT molecular complexity index is 1180. The Labute approximate surface area is 216 Å². The van der Waals surface area contributed by atoms with Crippen molar-refractivity contribution in [2.45, 2.75) is 38.9 Å². The maximum absolute atomic E-state index is 12.9. The molecule has 2 amide bonds. The van der Waals surface area contributed by atoms with Crippen LogP contribution in [0.25, 0.3) is 0 Å². The Morgan fingerprint density at radius 3 is 2.31 bits per heavy atom. The van der Waals surface area contributed by atoms with Crippen LogP contribution in [-0.4, -0.2) is 38.3 Å². The number of halogens is 1. The lowest BCUT2D eigenvalue weighted by atomic mass is 10.2. The summed E-state index contributed by atoms with van der Waals surface area (Å²) >= 11 is 7.07. The van der Waals surface area contributed by atoms with Gasteiger partial charge in [0, 0.05) is 24.1 Å². The zero-order chi connectivity index (χ0) is 25.6. The predicted octanol–water partition coefficient (Wildman–Crippen LogP) is 6.73. The number of rotatable bonds is 9. The standard InChI is InChI=1S/C25H31ClN4O3SSi/c1-25(2,3)35(4,5)33-16-15-27-17-8-10-18(11-9-17)29-23(31)19-7-6-14-28-22(19)30-24(32)20-12-13-21(26)34-20/h6-14,27H,15-16H2,1-5H3,(H,29,31)(H,28,30,32). The molecule has 0 radical (unpaired) electrons. The average Bonchev–Trinajstić information content (AvgIpc) is 3.24.